The Morgan fingerprint density at radius 2 is 1.43 bits per heavy atom. The molecule has 0 amide bonds. The van der Waals surface area contributed by atoms with E-state index in [4.69, 9.17) is 57.4 Å². The summed E-state index contributed by atoms with van der Waals surface area (Å²) in [6.45, 7) is 9.40. The summed E-state index contributed by atoms with van der Waals surface area (Å²) in [4.78, 5) is 94.9. The summed E-state index contributed by atoms with van der Waals surface area (Å²) in [6.07, 6.45) is -10.0. The first kappa shape index (κ1) is 49.5. The number of phosphoric acid groups is 2. The van der Waals surface area contributed by atoms with Gasteiger partial charge in [-0.15, -0.1) is 0 Å². The number of nitrogens with two attached hydrogens (primary N) is 1. The second-order valence-electron chi connectivity index (χ2n) is 14.5. The predicted octanol–water partition coefficient (Wildman–Crippen LogP) is 1.37. The number of fused-ring (bicyclic) bond motifs is 2. The number of methoxy groups -OCH3 is 1. The Labute approximate surface area is 348 Å². The summed E-state index contributed by atoms with van der Waals surface area (Å²) < 4.78 is 93.2. The number of phosphoric ester groups is 2. The first-order chi connectivity index (χ1) is 28.2. The Hall–Kier alpha value is -4.20. The Kier molecular flexibility index (Phi) is 15.8. The maximum Gasteiger partial charge on any atom is 0.483 e. The second-order valence-corrected chi connectivity index (χ2v) is 17.5. The molecule has 0 aliphatic carbocycles. The van der Waals surface area contributed by atoms with Crippen molar-refractivity contribution in [3.63, 3.8) is 0 Å². The molecule has 0 saturated carbocycles. The zero-order chi connectivity index (χ0) is 45.8. The summed E-state index contributed by atoms with van der Waals surface area (Å²) in [5, 5.41) is 0. The van der Waals surface area contributed by atoms with Crippen molar-refractivity contribution in [2.45, 2.75) is 123 Å². The Bertz CT molecular complexity index is 2050. The topological polar surface area (TPSA) is 340 Å². The van der Waals surface area contributed by atoms with Crippen LogP contribution >= 0.6 is 15.6 Å². The molecule has 4 heterocycles. The fourth-order valence-electron chi connectivity index (χ4n) is 6.58. The largest absolute Gasteiger partial charge is 0.483 e. The lowest BCUT2D eigenvalue weighted by Crippen LogP contribution is -2.55. The molecule has 2 aliphatic rings. The average molecular weight is 914 g/mol. The minimum absolute atomic E-state index is 0.0852. The molecule has 0 aromatic carbocycles. The highest BCUT2D eigenvalue weighted by atomic mass is 31.3. The van der Waals surface area contributed by atoms with Crippen molar-refractivity contribution in [3.8, 4) is 0 Å². The van der Waals surface area contributed by atoms with E-state index in [1.807, 2.05) is 0 Å². The fourth-order valence-corrected chi connectivity index (χ4v) is 8.86. The third-order valence-electron chi connectivity index (χ3n) is 8.95. The molecule has 4 N–H and O–H groups in total. The number of carbonyl (C=O) groups is 5. The lowest BCUT2D eigenvalue weighted by Gasteiger charge is -2.39. The smallest absolute Gasteiger partial charge is 0.462 e. The molecule has 10 unspecified atom stereocenters. The van der Waals surface area contributed by atoms with Crippen LogP contribution < -0.4 is 5.73 Å². The lowest BCUT2D eigenvalue weighted by molar-refractivity contribution is -0.227. The van der Waals surface area contributed by atoms with Crippen LogP contribution in [0.2, 0.25) is 0 Å². The van der Waals surface area contributed by atoms with Crippen LogP contribution in [-0.2, 0) is 89.1 Å². The molecule has 61 heavy (non-hydrogen) atoms. The van der Waals surface area contributed by atoms with Crippen LogP contribution in [0.1, 0.15) is 68.5 Å². The normalized spacial score (nSPS) is 25.7. The molecule has 342 valence electrons. The van der Waals surface area contributed by atoms with Gasteiger partial charge in [0.05, 0.1) is 12.9 Å². The first-order valence-electron chi connectivity index (χ1n) is 18.2. The van der Waals surface area contributed by atoms with Gasteiger partial charge in [0.15, 0.2) is 35.7 Å². The van der Waals surface area contributed by atoms with E-state index in [0.717, 1.165) is 41.7 Å². The quantitative estimate of drug-likeness (QED) is 0.0730. The number of ether oxygens (including phenoxy) is 9. The van der Waals surface area contributed by atoms with Crippen LogP contribution in [0.25, 0.3) is 11.2 Å². The molecule has 2 aromatic heterocycles. The van der Waals surface area contributed by atoms with Gasteiger partial charge in [-0.2, -0.15) is 4.31 Å². The van der Waals surface area contributed by atoms with Crippen molar-refractivity contribution >= 4 is 62.5 Å². The number of anilines is 1. The Morgan fingerprint density at radius 3 is 2.00 bits per heavy atom. The monoisotopic (exact) mass is 913 g/mol. The van der Waals surface area contributed by atoms with E-state index in [2.05, 4.69) is 19.3 Å². The van der Waals surface area contributed by atoms with Crippen LogP contribution in [0, 0.1) is 5.92 Å². The second kappa shape index (κ2) is 19.5. The van der Waals surface area contributed by atoms with Crippen LogP contribution in [-0.4, -0.2) is 134 Å². The van der Waals surface area contributed by atoms with Crippen LogP contribution in [0.4, 0.5) is 5.82 Å². The average Bonchev–Trinajstić information content (AvgIpc) is 3.78. The third-order valence-corrected chi connectivity index (χ3v) is 11.5. The highest BCUT2D eigenvalue weighted by Gasteiger charge is 2.62. The molecule has 0 radical (unpaired) electrons. The summed E-state index contributed by atoms with van der Waals surface area (Å²) in [5.41, 5.74) is 4.84. The molecule has 4 rings (SSSR count). The van der Waals surface area contributed by atoms with Crippen molar-refractivity contribution < 1.29 is 98.9 Å². The number of hydrogen-bond acceptors (Lipinski definition) is 23. The Balaban J connectivity index is 1.60. The predicted molar refractivity (Wildman–Crippen MR) is 199 cm³/mol. The maximum atomic E-state index is 13.5. The van der Waals surface area contributed by atoms with E-state index in [1.54, 1.807) is 13.8 Å². The minimum Gasteiger partial charge on any atom is -0.462 e. The van der Waals surface area contributed by atoms with E-state index in [1.165, 1.54) is 31.1 Å². The van der Waals surface area contributed by atoms with Gasteiger partial charge in [-0.05, 0) is 20.8 Å². The van der Waals surface area contributed by atoms with Crippen LogP contribution in [0.3, 0.4) is 0 Å². The number of hydrogen-bond donors (Lipinski definition) is 3. The molecule has 0 spiro atoms. The van der Waals surface area contributed by atoms with Crippen molar-refractivity contribution in [2.75, 3.05) is 26.1 Å². The van der Waals surface area contributed by atoms with Crippen molar-refractivity contribution in [1.29, 1.82) is 0 Å². The van der Waals surface area contributed by atoms with Crippen molar-refractivity contribution in [2.24, 2.45) is 5.92 Å². The van der Waals surface area contributed by atoms with Crippen LogP contribution in [0.5, 0.6) is 0 Å². The van der Waals surface area contributed by atoms with E-state index in [-0.39, 0.29) is 17.0 Å². The number of aromatic nitrogens is 4. The Morgan fingerprint density at radius 1 is 0.836 bits per heavy atom. The van der Waals surface area contributed by atoms with Gasteiger partial charge < -0.3 is 58.2 Å². The zero-order valence-corrected chi connectivity index (χ0v) is 36.5. The van der Waals surface area contributed by atoms with Gasteiger partial charge in [0.25, 0.3) is 0 Å². The van der Waals surface area contributed by atoms with E-state index < -0.39 is 125 Å². The van der Waals surface area contributed by atoms with Gasteiger partial charge in [0.2, 0.25) is 6.29 Å². The number of rotatable bonds is 20. The van der Waals surface area contributed by atoms with E-state index in [0.29, 0.717) is 0 Å². The molecule has 2 saturated heterocycles. The molecular formula is C33H49N5O21P2. The molecule has 12 atom stereocenters. The van der Waals surface area contributed by atoms with E-state index in [9.17, 15) is 42.9 Å². The maximum absolute atomic E-state index is 13.5. The van der Waals surface area contributed by atoms with Gasteiger partial charge in [0, 0.05) is 47.6 Å². The SMILES string of the molecule is COC(OP(=O)(O)OP(=O)(O)OCC1(C)OC(n2cnc3c(N)ncnc32)C2OC(C)(C)O[C@H]21)C(OC(C)=O)C(OC(C)=O)C(OC(C)=O)C(C)[C@@H](COC(C)=O)OC(C)=O. The van der Waals surface area contributed by atoms with Crippen molar-refractivity contribution in [3.05, 3.63) is 12.7 Å². The first-order valence-corrected chi connectivity index (χ1v) is 21.2. The molecule has 28 heteroatoms. The fraction of sp³-hybridized carbons (Fsp3) is 0.697. The molecular weight excluding hydrogens is 864 g/mol. The summed E-state index contributed by atoms with van der Waals surface area (Å²) in [7, 11) is -10.7. The van der Waals surface area contributed by atoms with E-state index >= 15 is 0 Å². The minimum atomic E-state index is -5.87. The lowest BCUT2D eigenvalue weighted by atomic mass is 9.90. The number of nitrogen functional groups attached to an aromatic ring is 1. The van der Waals surface area contributed by atoms with Gasteiger partial charge in [0.1, 0.15) is 48.5 Å². The van der Waals surface area contributed by atoms with Gasteiger partial charge in [-0.1, -0.05) is 6.92 Å². The molecule has 0 bridgehead atoms. The van der Waals surface area contributed by atoms with Crippen molar-refractivity contribution in [1.82, 2.24) is 19.5 Å². The number of carbonyl (C=O) groups excluding carboxylic acids is 5. The molecule has 26 nitrogen and oxygen atoms in total. The molecule has 2 aliphatic heterocycles. The van der Waals surface area contributed by atoms with Gasteiger partial charge in [-0.25, -0.2) is 24.1 Å². The zero-order valence-electron chi connectivity index (χ0n) is 34.7. The third kappa shape index (κ3) is 12.7. The number of esters is 5. The summed E-state index contributed by atoms with van der Waals surface area (Å²) >= 11 is 0. The van der Waals surface area contributed by atoms with Crippen LogP contribution in [0.15, 0.2) is 12.7 Å². The summed E-state index contributed by atoms with van der Waals surface area (Å²) in [6, 6.07) is 0. The summed E-state index contributed by atoms with van der Waals surface area (Å²) in [5.74, 6) is -7.27. The molecule has 2 aromatic rings. The highest BCUT2D eigenvalue weighted by molar-refractivity contribution is 7.61. The number of imidazole rings is 1. The van der Waals surface area contributed by atoms with Gasteiger partial charge in [-0.3, -0.25) is 37.6 Å². The number of nitrogens with zero attached hydrogens (tertiary/aromatic N) is 4. The standard InChI is InChI=1S/C33H49N5O21P2/c1-15(21(51-17(3)40)11-49-16(2)39)23(52-18(4)41)24(53-19(5)42)25(54-20(6)43)31(48-10)58-61(46,47)59-60(44,45)50-12-33(9)27-26(55-32(7,8)56-27)30(57-33)38-14-37-22-28(34)35-13-36-29(22)38/h13-15,21,23-27,30-31H,11-12H2,1-10H3,(H,44,45)(H,46,47)(H2,34,35,36)/t15?,21-,23?,24?,25?,26?,27-,30?,31?,33?/m1/s1. The van der Waals surface area contributed by atoms with Gasteiger partial charge >= 0.3 is 45.5 Å². The highest BCUT2D eigenvalue weighted by Crippen LogP contribution is 2.62. The molecule has 2 fully saturated rings.